The van der Waals surface area contributed by atoms with E-state index in [4.69, 9.17) is 0 Å². The fraction of sp³-hybridized carbons (Fsp3) is 0.250. The minimum atomic E-state index is 0.966. The number of aryl methyl sites for hydroxylation is 1. The average molecular weight is 250 g/mol. The minimum absolute atomic E-state index is 0.966. The molecule has 0 saturated carbocycles. The number of aromatic nitrogens is 1. The van der Waals surface area contributed by atoms with Gasteiger partial charge in [0, 0.05) is 29.6 Å². The van der Waals surface area contributed by atoms with Crippen LogP contribution in [0.4, 0.5) is 5.69 Å². The van der Waals surface area contributed by atoms with Crippen LogP contribution in [0.25, 0.3) is 0 Å². The van der Waals surface area contributed by atoms with Crippen LogP contribution in [0, 0.1) is 6.92 Å². The standard InChI is InChI=1S/C12H14N2S2/c1-10-2-4-11(5-3-10)13-6-8-15-12-14-7-9-16-12/h2-5,7,9,13H,6,8H2,1H3. The van der Waals surface area contributed by atoms with E-state index in [9.17, 15) is 0 Å². The topological polar surface area (TPSA) is 24.9 Å². The molecule has 0 radical (unpaired) electrons. The van der Waals surface area contributed by atoms with Gasteiger partial charge in [0.05, 0.1) is 0 Å². The van der Waals surface area contributed by atoms with E-state index < -0.39 is 0 Å². The molecule has 0 aliphatic carbocycles. The zero-order chi connectivity index (χ0) is 11.2. The van der Waals surface area contributed by atoms with E-state index in [0.29, 0.717) is 0 Å². The van der Waals surface area contributed by atoms with Gasteiger partial charge in [-0.1, -0.05) is 29.5 Å². The molecule has 0 amide bonds. The first-order valence-electron chi connectivity index (χ1n) is 5.17. The molecule has 84 valence electrons. The summed E-state index contributed by atoms with van der Waals surface area (Å²) in [7, 11) is 0. The van der Waals surface area contributed by atoms with E-state index in [-0.39, 0.29) is 0 Å². The molecule has 0 spiro atoms. The van der Waals surface area contributed by atoms with E-state index in [2.05, 4.69) is 41.5 Å². The number of hydrogen-bond donors (Lipinski definition) is 1. The molecule has 0 aliphatic rings. The van der Waals surface area contributed by atoms with Gasteiger partial charge in [0.15, 0.2) is 0 Å². The van der Waals surface area contributed by atoms with Crippen LogP contribution in [0.15, 0.2) is 40.2 Å². The summed E-state index contributed by atoms with van der Waals surface area (Å²) in [4.78, 5) is 4.23. The molecular weight excluding hydrogens is 236 g/mol. The van der Waals surface area contributed by atoms with E-state index in [1.54, 1.807) is 23.1 Å². The zero-order valence-electron chi connectivity index (χ0n) is 9.14. The first-order valence-corrected chi connectivity index (χ1v) is 7.04. The van der Waals surface area contributed by atoms with Crippen molar-refractivity contribution in [1.82, 2.24) is 4.98 Å². The highest BCUT2D eigenvalue weighted by atomic mass is 32.2. The van der Waals surface area contributed by atoms with E-state index >= 15 is 0 Å². The molecule has 1 N–H and O–H groups in total. The molecule has 16 heavy (non-hydrogen) atoms. The third kappa shape index (κ3) is 3.54. The molecule has 0 bridgehead atoms. The van der Waals surface area contributed by atoms with E-state index in [0.717, 1.165) is 16.6 Å². The molecule has 2 rings (SSSR count). The Morgan fingerprint density at radius 2 is 2.12 bits per heavy atom. The van der Waals surface area contributed by atoms with Gasteiger partial charge in [0.2, 0.25) is 0 Å². The molecule has 1 aromatic heterocycles. The predicted molar refractivity (Wildman–Crippen MR) is 72.5 cm³/mol. The predicted octanol–water partition coefficient (Wildman–Crippen LogP) is 3.66. The van der Waals surface area contributed by atoms with Crippen LogP contribution in [0.2, 0.25) is 0 Å². The van der Waals surface area contributed by atoms with E-state index in [1.807, 2.05) is 11.6 Å². The Kier molecular flexibility index (Phi) is 4.25. The lowest BCUT2D eigenvalue weighted by Crippen LogP contribution is -2.03. The van der Waals surface area contributed by atoms with Crippen molar-refractivity contribution in [1.29, 1.82) is 0 Å². The molecule has 4 heteroatoms. The summed E-state index contributed by atoms with van der Waals surface area (Å²) in [6.07, 6.45) is 1.85. The highest BCUT2D eigenvalue weighted by Gasteiger charge is 1.96. The third-order valence-corrected chi connectivity index (χ3v) is 4.09. The smallest absolute Gasteiger partial charge is 0.149 e. The number of hydrogen-bond acceptors (Lipinski definition) is 4. The van der Waals surface area contributed by atoms with Gasteiger partial charge in [-0.25, -0.2) is 4.98 Å². The van der Waals surface area contributed by atoms with Gasteiger partial charge in [0.25, 0.3) is 0 Å². The lowest BCUT2D eigenvalue weighted by atomic mass is 10.2. The van der Waals surface area contributed by atoms with Gasteiger partial charge < -0.3 is 5.32 Å². The van der Waals surface area contributed by atoms with Crippen molar-refractivity contribution in [3.05, 3.63) is 41.4 Å². The van der Waals surface area contributed by atoms with Gasteiger partial charge in [0.1, 0.15) is 4.34 Å². The monoisotopic (exact) mass is 250 g/mol. The number of thiazole rings is 1. The highest BCUT2D eigenvalue weighted by molar-refractivity contribution is 8.01. The number of thioether (sulfide) groups is 1. The second kappa shape index (κ2) is 5.92. The largest absolute Gasteiger partial charge is 0.384 e. The van der Waals surface area contributed by atoms with Gasteiger partial charge in [-0.05, 0) is 19.1 Å². The Hall–Kier alpha value is -1.00. The fourth-order valence-electron chi connectivity index (χ4n) is 1.29. The van der Waals surface area contributed by atoms with Crippen LogP contribution in [-0.4, -0.2) is 17.3 Å². The maximum absolute atomic E-state index is 4.23. The molecule has 0 atom stereocenters. The molecular formula is C12H14N2S2. The zero-order valence-corrected chi connectivity index (χ0v) is 10.8. The maximum Gasteiger partial charge on any atom is 0.149 e. The number of nitrogens with one attached hydrogen (secondary N) is 1. The number of rotatable bonds is 5. The molecule has 0 unspecified atom stereocenters. The lowest BCUT2D eigenvalue weighted by Gasteiger charge is -2.05. The van der Waals surface area contributed by atoms with Gasteiger partial charge in [-0.2, -0.15) is 0 Å². The molecule has 1 heterocycles. The normalized spacial score (nSPS) is 10.3. The summed E-state index contributed by atoms with van der Waals surface area (Å²) in [6, 6.07) is 8.47. The van der Waals surface area contributed by atoms with Crippen molar-refractivity contribution < 1.29 is 0 Å². The summed E-state index contributed by atoms with van der Waals surface area (Å²) >= 11 is 3.49. The minimum Gasteiger partial charge on any atom is -0.384 e. The number of anilines is 1. The van der Waals surface area contributed by atoms with Crippen molar-refractivity contribution in [3.63, 3.8) is 0 Å². The summed E-state index contributed by atoms with van der Waals surface area (Å²) in [5.41, 5.74) is 2.48. The Bertz CT molecular complexity index is 409. The lowest BCUT2D eigenvalue weighted by molar-refractivity contribution is 1.20. The third-order valence-electron chi connectivity index (χ3n) is 2.12. The molecule has 0 fully saturated rings. The van der Waals surface area contributed by atoms with Crippen molar-refractivity contribution in [2.75, 3.05) is 17.6 Å². The number of benzene rings is 1. The fourth-order valence-corrected chi connectivity index (χ4v) is 2.85. The van der Waals surface area contributed by atoms with Crippen LogP contribution in [0.1, 0.15) is 5.56 Å². The highest BCUT2D eigenvalue weighted by Crippen LogP contribution is 2.19. The van der Waals surface area contributed by atoms with Crippen LogP contribution in [0.5, 0.6) is 0 Å². The van der Waals surface area contributed by atoms with Gasteiger partial charge in [-0.15, -0.1) is 11.3 Å². The number of nitrogens with zero attached hydrogens (tertiary/aromatic N) is 1. The SMILES string of the molecule is Cc1ccc(NCCSc2nccs2)cc1. The van der Waals surface area contributed by atoms with Crippen molar-refractivity contribution in [2.24, 2.45) is 0 Å². The molecule has 0 saturated heterocycles. The first-order chi connectivity index (χ1) is 7.84. The first kappa shape index (κ1) is 11.5. The van der Waals surface area contributed by atoms with Crippen LogP contribution in [0.3, 0.4) is 0 Å². The Morgan fingerprint density at radius 3 is 2.81 bits per heavy atom. The molecule has 2 aromatic rings. The summed E-state index contributed by atoms with van der Waals surface area (Å²) < 4.78 is 1.14. The Morgan fingerprint density at radius 1 is 1.31 bits per heavy atom. The van der Waals surface area contributed by atoms with Gasteiger partial charge in [-0.3, -0.25) is 0 Å². The molecule has 1 aromatic carbocycles. The Balaban J connectivity index is 1.70. The average Bonchev–Trinajstić information content (AvgIpc) is 2.80. The summed E-state index contributed by atoms with van der Waals surface area (Å²) in [5, 5.41) is 5.40. The van der Waals surface area contributed by atoms with Crippen LogP contribution < -0.4 is 5.32 Å². The van der Waals surface area contributed by atoms with Crippen LogP contribution in [-0.2, 0) is 0 Å². The quantitative estimate of drug-likeness (QED) is 0.647. The van der Waals surface area contributed by atoms with Crippen LogP contribution >= 0.6 is 23.1 Å². The molecule has 2 nitrogen and oxygen atoms in total. The van der Waals surface area contributed by atoms with Crippen molar-refractivity contribution >= 4 is 28.8 Å². The van der Waals surface area contributed by atoms with Crippen molar-refractivity contribution in [3.8, 4) is 0 Å². The van der Waals surface area contributed by atoms with E-state index in [1.165, 1.54) is 11.3 Å². The second-order valence-corrected chi connectivity index (χ2v) is 5.68. The molecule has 0 aliphatic heterocycles. The van der Waals surface area contributed by atoms with Gasteiger partial charge >= 0.3 is 0 Å². The summed E-state index contributed by atoms with van der Waals surface area (Å²) in [5.74, 6) is 1.04. The Labute approximate surface area is 104 Å². The maximum atomic E-state index is 4.23. The van der Waals surface area contributed by atoms with Crippen molar-refractivity contribution in [2.45, 2.75) is 11.3 Å². The second-order valence-electron chi connectivity index (χ2n) is 3.44. The summed E-state index contributed by atoms with van der Waals surface area (Å²) in [6.45, 7) is 3.06.